The smallest absolute Gasteiger partial charge is 0.349 e. The number of nitrogens with one attached hydrogen (secondary N) is 2. The maximum Gasteiger partial charge on any atom is 0.349 e. The summed E-state index contributed by atoms with van der Waals surface area (Å²) in [5.74, 6) is -0.833. The first-order valence-electron chi connectivity index (χ1n) is 9.50. The van der Waals surface area contributed by atoms with Crippen LogP contribution in [0.4, 0.5) is 5.69 Å². The minimum Gasteiger partial charge on any atom is -0.481 e. The molecular formula is C19H23N5O6. The number of aliphatic hydroxyl groups excluding tert-OH is 2. The Morgan fingerprint density at radius 1 is 1.27 bits per heavy atom. The van der Waals surface area contributed by atoms with Gasteiger partial charge in [0.2, 0.25) is 0 Å². The summed E-state index contributed by atoms with van der Waals surface area (Å²) in [5, 5.41) is 30.9. The fourth-order valence-electron chi connectivity index (χ4n) is 3.24. The van der Waals surface area contributed by atoms with Crippen molar-refractivity contribution in [3.63, 3.8) is 0 Å². The van der Waals surface area contributed by atoms with Crippen LogP contribution in [0.15, 0.2) is 21.7 Å². The Morgan fingerprint density at radius 2 is 2.03 bits per heavy atom. The average molecular weight is 417 g/mol. The molecule has 0 radical (unpaired) electrons. The van der Waals surface area contributed by atoms with Crippen LogP contribution in [-0.2, 0) is 11.3 Å². The van der Waals surface area contributed by atoms with E-state index < -0.39 is 23.3 Å². The van der Waals surface area contributed by atoms with Gasteiger partial charge in [0.25, 0.3) is 5.56 Å². The molecule has 11 nitrogen and oxygen atoms in total. The lowest BCUT2D eigenvalue weighted by atomic mass is 10.1. The second-order valence-corrected chi connectivity index (χ2v) is 6.99. The number of aryl methyl sites for hydroxylation is 2. The summed E-state index contributed by atoms with van der Waals surface area (Å²) in [6, 6.07) is 3.51. The van der Waals surface area contributed by atoms with E-state index in [1.807, 2.05) is 6.92 Å². The molecule has 1 atom stereocenters. The van der Waals surface area contributed by atoms with Gasteiger partial charge in [-0.3, -0.25) is 14.6 Å². The van der Waals surface area contributed by atoms with Crippen molar-refractivity contribution in [2.24, 2.45) is 0 Å². The van der Waals surface area contributed by atoms with Crippen LogP contribution in [0.1, 0.15) is 24.8 Å². The summed E-state index contributed by atoms with van der Waals surface area (Å²) in [6.45, 7) is 2.11. The van der Waals surface area contributed by atoms with Gasteiger partial charge in [-0.1, -0.05) is 0 Å². The number of aromatic amines is 1. The van der Waals surface area contributed by atoms with Crippen molar-refractivity contribution in [2.45, 2.75) is 38.8 Å². The first-order valence-corrected chi connectivity index (χ1v) is 9.50. The average Bonchev–Trinajstić information content (AvgIpc) is 2.66. The van der Waals surface area contributed by atoms with Crippen LogP contribution in [-0.4, -0.2) is 60.1 Å². The fourth-order valence-corrected chi connectivity index (χ4v) is 3.24. The number of rotatable bonds is 9. The number of benzene rings is 1. The summed E-state index contributed by atoms with van der Waals surface area (Å²) in [7, 11) is 0. The number of aliphatic hydroxyl groups is 2. The normalized spacial score (nSPS) is 12.4. The van der Waals surface area contributed by atoms with Crippen molar-refractivity contribution in [1.29, 1.82) is 0 Å². The molecule has 5 N–H and O–H groups in total. The van der Waals surface area contributed by atoms with Gasteiger partial charge in [0.1, 0.15) is 0 Å². The highest BCUT2D eigenvalue weighted by Gasteiger charge is 2.20. The van der Waals surface area contributed by atoms with E-state index >= 15 is 0 Å². The lowest BCUT2D eigenvalue weighted by molar-refractivity contribution is -0.136. The first-order chi connectivity index (χ1) is 14.3. The molecular weight excluding hydrogens is 394 g/mol. The lowest BCUT2D eigenvalue weighted by Crippen LogP contribution is -2.29. The third-order valence-corrected chi connectivity index (χ3v) is 4.76. The Labute approximate surface area is 170 Å². The van der Waals surface area contributed by atoms with E-state index in [1.165, 1.54) is 0 Å². The van der Waals surface area contributed by atoms with E-state index in [4.69, 9.17) is 10.2 Å². The summed E-state index contributed by atoms with van der Waals surface area (Å²) in [6.07, 6.45) is -0.369. The predicted molar refractivity (Wildman–Crippen MR) is 109 cm³/mol. The van der Waals surface area contributed by atoms with Gasteiger partial charge in [0.05, 0.1) is 23.6 Å². The highest BCUT2D eigenvalue weighted by Crippen LogP contribution is 2.27. The SMILES string of the molecule is Cc1cc2nc3c(=O)[nH]c(=O)nc-3n(CC[C@H](O)CCO)c2cc1NCCC(=O)O. The standard InChI is InChI=1S/C19H23N5O6/c1-10-8-13-14(9-12(10)20-5-2-15(27)28)24(6-3-11(26)4-7-25)17-16(21-13)18(29)23-19(30)22-17/h8-9,11,20,25-26H,2-7H2,1H3,(H,27,28)(H,23,29,30)/t11-/m0/s1. The number of carboxylic acid groups (broad SMARTS) is 1. The van der Waals surface area contributed by atoms with Crippen LogP contribution in [0, 0.1) is 6.92 Å². The summed E-state index contributed by atoms with van der Waals surface area (Å²) < 4.78 is 1.64. The van der Waals surface area contributed by atoms with Crippen LogP contribution in [0.5, 0.6) is 0 Å². The van der Waals surface area contributed by atoms with Crippen molar-refractivity contribution in [2.75, 3.05) is 18.5 Å². The molecule has 0 unspecified atom stereocenters. The third-order valence-electron chi connectivity index (χ3n) is 4.76. The van der Waals surface area contributed by atoms with Crippen LogP contribution >= 0.6 is 0 Å². The van der Waals surface area contributed by atoms with Gasteiger partial charge in [0, 0.05) is 25.4 Å². The molecule has 160 valence electrons. The van der Waals surface area contributed by atoms with Gasteiger partial charge in [-0.25, -0.2) is 9.78 Å². The van der Waals surface area contributed by atoms with Crippen molar-refractivity contribution >= 4 is 22.7 Å². The molecule has 0 fully saturated rings. The molecule has 11 heteroatoms. The van der Waals surface area contributed by atoms with Crippen LogP contribution in [0.2, 0.25) is 0 Å². The minimum absolute atomic E-state index is 0.00438. The molecule has 0 saturated heterocycles. The van der Waals surface area contributed by atoms with Crippen LogP contribution < -0.4 is 16.6 Å². The number of fused-ring (bicyclic) bond motifs is 2. The molecule has 30 heavy (non-hydrogen) atoms. The molecule has 2 aliphatic heterocycles. The fraction of sp³-hybridized carbons (Fsp3) is 0.421. The number of hydrogen-bond donors (Lipinski definition) is 5. The first kappa shape index (κ1) is 21.4. The van der Waals surface area contributed by atoms with Gasteiger partial charge in [-0.2, -0.15) is 4.98 Å². The molecule has 3 rings (SSSR count). The number of carbonyl (C=O) groups is 1. The number of aliphatic carboxylic acids is 1. The van der Waals surface area contributed by atoms with E-state index in [0.29, 0.717) is 16.7 Å². The highest BCUT2D eigenvalue weighted by molar-refractivity contribution is 5.84. The zero-order valence-electron chi connectivity index (χ0n) is 16.4. The quantitative estimate of drug-likeness (QED) is 0.299. The maximum absolute atomic E-state index is 12.3. The van der Waals surface area contributed by atoms with E-state index in [1.54, 1.807) is 16.7 Å². The van der Waals surface area contributed by atoms with Crippen LogP contribution in [0.25, 0.3) is 22.6 Å². The van der Waals surface area contributed by atoms with Crippen molar-refractivity contribution < 1.29 is 20.1 Å². The largest absolute Gasteiger partial charge is 0.481 e. The second kappa shape index (κ2) is 9.01. The minimum atomic E-state index is -0.923. The van der Waals surface area contributed by atoms with Gasteiger partial charge in [0.15, 0.2) is 11.5 Å². The predicted octanol–water partition coefficient (Wildman–Crippen LogP) is -0.0870. The number of carboxylic acids is 1. The monoisotopic (exact) mass is 417 g/mol. The van der Waals surface area contributed by atoms with Crippen LogP contribution in [0.3, 0.4) is 0 Å². The Hall–Kier alpha value is -3.31. The number of aromatic nitrogens is 4. The molecule has 0 saturated carbocycles. The number of nitrogens with zero attached hydrogens (tertiary/aromatic N) is 3. The Kier molecular flexibility index (Phi) is 6.43. The van der Waals surface area contributed by atoms with E-state index in [-0.39, 0.29) is 50.5 Å². The zero-order valence-corrected chi connectivity index (χ0v) is 16.4. The number of H-pyrrole nitrogens is 1. The lowest BCUT2D eigenvalue weighted by Gasteiger charge is -2.19. The van der Waals surface area contributed by atoms with E-state index in [2.05, 4.69) is 20.3 Å². The van der Waals surface area contributed by atoms with Gasteiger partial charge < -0.3 is 25.2 Å². The molecule has 2 heterocycles. The molecule has 2 aliphatic rings. The second-order valence-electron chi connectivity index (χ2n) is 6.99. The maximum atomic E-state index is 12.3. The van der Waals surface area contributed by atoms with Gasteiger partial charge >= 0.3 is 11.7 Å². The Morgan fingerprint density at radius 3 is 2.73 bits per heavy atom. The summed E-state index contributed by atoms with van der Waals surface area (Å²) in [4.78, 5) is 45.2. The van der Waals surface area contributed by atoms with Crippen molar-refractivity contribution in [1.82, 2.24) is 19.5 Å². The third kappa shape index (κ3) is 4.63. The number of hydrogen-bond acceptors (Lipinski definition) is 8. The Balaban J connectivity index is 2.15. The van der Waals surface area contributed by atoms with Crippen molar-refractivity contribution in [3.8, 4) is 11.5 Å². The number of anilines is 1. The van der Waals surface area contributed by atoms with Crippen molar-refractivity contribution in [3.05, 3.63) is 38.5 Å². The Bertz CT molecular complexity index is 1150. The highest BCUT2D eigenvalue weighted by atomic mass is 16.4. The summed E-state index contributed by atoms with van der Waals surface area (Å²) in [5.41, 5.74) is 1.09. The molecule has 0 aromatic heterocycles. The van der Waals surface area contributed by atoms with Gasteiger partial charge in [-0.05, 0) is 37.5 Å². The molecule has 0 amide bonds. The molecule has 0 spiro atoms. The molecule has 0 aliphatic carbocycles. The zero-order chi connectivity index (χ0) is 21.8. The van der Waals surface area contributed by atoms with Gasteiger partial charge in [-0.15, -0.1) is 0 Å². The van der Waals surface area contributed by atoms with E-state index in [9.17, 15) is 19.5 Å². The molecule has 0 bridgehead atoms. The molecule has 1 aromatic carbocycles. The molecule has 1 aromatic rings. The topological polar surface area (TPSA) is 170 Å². The van der Waals surface area contributed by atoms with E-state index in [0.717, 1.165) is 5.56 Å². The summed E-state index contributed by atoms with van der Waals surface area (Å²) >= 11 is 0.